The van der Waals surface area contributed by atoms with Crippen molar-refractivity contribution >= 4 is 29.1 Å². The third-order valence-corrected chi connectivity index (χ3v) is 5.79. The van der Waals surface area contributed by atoms with Crippen LogP contribution in [-0.2, 0) is 9.47 Å². The van der Waals surface area contributed by atoms with Gasteiger partial charge in [0, 0.05) is 13.1 Å². The lowest BCUT2D eigenvalue weighted by molar-refractivity contribution is 0.0973. The third-order valence-electron chi connectivity index (χ3n) is 5.79. The summed E-state index contributed by atoms with van der Waals surface area (Å²) < 4.78 is 16.8. The highest BCUT2D eigenvalue weighted by atomic mass is 16.5. The van der Waals surface area contributed by atoms with E-state index in [9.17, 15) is 4.79 Å². The first kappa shape index (κ1) is 19.9. The number of anilines is 2. The molecule has 0 aromatic carbocycles. The number of pyridine rings is 1. The first-order valence-electron chi connectivity index (χ1n) is 10.6. The number of rotatable bonds is 4. The van der Waals surface area contributed by atoms with Crippen LogP contribution in [0.4, 0.5) is 11.8 Å². The molecule has 9 nitrogen and oxygen atoms in total. The summed E-state index contributed by atoms with van der Waals surface area (Å²) in [4.78, 5) is 30.0. The summed E-state index contributed by atoms with van der Waals surface area (Å²) in [6.45, 7) is 8.32. The second kappa shape index (κ2) is 8.24. The Balaban J connectivity index is 1.64. The van der Waals surface area contributed by atoms with Gasteiger partial charge in [0.05, 0.1) is 43.9 Å². The third kappa shape index (κ3) is 3.75. The summed E-state index contributed by atoms with van der Waals surface area (Å²) in [5, 5.41) is 0.879. The number of morpholine rings is 2. The molecule has 0 spiro atoms. The van der Waals surface area contributed by atoms with Crippen molar-refractivity contribution in [2.75, 3.05) is 49.3 Å². The van der Waals surface area contributed by atoms with Gasteiger partial charge in [-0.15, -0.1) is 0 Å². The van der Waals surface area contributed by atoms with E-state index < -0.39 is 0 Å². The Morgan fingerprint density at radius 1 is 0.935 bits per heavy atom. The minimum Gasteiger partial charge on any atom is -0.452 e. The van der Waals surface area contributed by atoms with Crippen molar-refractivity contribution in [2.24, 2.45) is 0 Å². The molecule has 0 aliphatic carbocycles. The van der Waals surface area contributed by atoms with Crippen LogP contribution in [0.25, 0.3) is 22.5 Å². The van der Waals surface area contributed by atoms with E-state index in [1.807, 2.05) is 12.1 Å². The molecule has 5 rings (SSSR count). The smallest absolute Gasteiger partial charge is 0.229 e. The van der Waals surface area contributed by atoms with Gasteiger partial charge in [-0.05, 0) is 38.1 Å². The molecule has 0 bridgehead atoms. The maximum absolute atomic E-state index is 11.0. The van der Waals surface area contributed by atoms with E-state index in [-0.39, 0.29) is 17.8 Å². The van der Waals surface area contributed by atoms with E-state index in [0.29, 0.717) is 55.8 Å². The number of carbonyl (C=O) groups excluding carboxylic acids is 1. The average Bonchev–Trinajstić information content (AvgIpc) is 3.28. The van der Waals surface area contributed by atoms with E-state index >= 15 is 0 Å². The Morgan fingerprint density at radius 2 is 1.68 bits per heavy atom. The highest BCUT2D eigenvalue weighted by molar-refractivity contribution is 5.90. The van der Waals surface area contributed by atoms with Crippen LogP contribution in [0.15, 0.2) is 28.7 Å². The lowest BCUT2D eigenvalue weighted by atomic mass is 10.2. The highest BCUT2D eigenvalue weighted by Crippen LogP contribution is 2.31. The molecule has 2 aliphatic rings. The number of furan rings is 1. The van der Waals surface area contributed by atoms with Gasteiger partial charge in [0.25, 0.3) is 0 Å². The summed E-state index contributed by atoms with van der Waals surface area (Å²) in [6, 6.07) is 7.60. The number of fused-ring (bicyclic) bond motifs is 1. The van der Waals surface area contributed by atoms with Crippen molar-refractivity contribution in [2.45, 2.75) is 25.9 Å². The Hall–Kier alpha value is -3.04. The minimum atomic E-state index is 0.171. The van der Waals surface area contributed by atoms with Crippen molar-refractivity contribution in [1.29, 1.82) is 0 Å². The van der Waals surface area contributed by atoms with Crippen molar-refractivity contribution in [3.05, 3.63) is 30.0 Å². The number of aldehydes is 1. The molecule has 0 radical (unpaired) electrons. The highest BCUT2D eigenvalue weighted by Gasteiger charge is 2.27. The lowest BCUT2D eigenvalue weighted by Gasteiger charge is -2.37. The van der Waals surface area contributed by atoms with Crippen LogP contribution in [0.2, 0.25) is 0 Å². The zero-order valence-electron chi connectivity index (χ0n) is 17.7. The monoisotopic (exact) mass is 423 g/mol. The molecular weight excluding hydrogens is 398 g/mol. The van der Waals surface area contributed by atoms with Crippen LogP contribution in [0.5, 0.6) is 0 Å². The van der Waals surface area contributed by atoms with Crippen LogP contribution in [0, 0.1) is 0 Å². The lowest BCUT2D eigenvalue weighted by Crippen LogP contribution is -2.46. The molecule has 0 N–H and O–H groups in total. The van der Waals surface area contributed by atoms with Gasteiger partial charge in [0.1, 0.15) is 11.5 Å². The summed E-state index contributed by atoms with van der Waals surface area (Å²) in [7, 11) is 0. The minimum absolute atomic E-state index is 0.171. The fourth-order valence-electron chi connectivity index (χ4n) is 4.09. The van der Waals surface area contributed by atoms with Crippen molar-refractivity contribution in [3.8, 4) is 11.5 Å². The van der Waals surface area contributed by atoms with Gasteiger partial charge in [0.15, 0.2) is 23.5 Å². The number of ether oxygens (including phenoxy) is 2. The molecule has 0 amide bonds. The van der Waals surface area contributed by atoms with E-state index in [1.165, 1.54) is 0 Å². The Bertz CT molecular complexity index is 1100. The van der Waals surface area contributed by atoms with Crippen molar-refractivity contribution in [1.82, 2.24) is 15.0 Å². The van der Waals surface area contributed by atoms with Crippen molar-refractivity contribution < 1.29 is 18.7 Å². The summed E-state index contributed by atoms with van der Waals surface area (Å²) >= 11 is 0. The number of carbonyl (C=O) groups is 1. The fourth-order valence-corrected chi connectivity index (χ4v) is 4.09. The molecule has 2 fully saturated rings. The molecule has 162 valence electrons. The SMILES string of the molecule is C[C@H]1COCCN1c1nc(N2CCOC[C@@H]2C)c2ccc(-c3ccc(C=O)o3)nc2n1. The van der Waals surface area contributed by atoms with Crippen LogP contribution in [0.3, 0.4) is 0 Å². The molecule has 5 heterocycles. The van der Waals surface area contributed by atoms with E-state index in [4.69, 9.17) is 28.8 Å². The molecule has 2 saturated heterocycles. The predicted molar refractivity (Wildman–Crippen MR) is 116 cm³/mol. The molecular formula is C22H25N5O4. The normalized spacial score (nSPS) is 22.1. The van der Waals surface area contributed by atoms with E-state index in [1.54, 1.807) is 12.1 Å². The van der Waals surface area contributed by atoms with Gasteiger partial charge < -0.3 is 23.7 Å². The standard InChI is InChI=1S/C22H25N5O4/c1-14-12-29-9-7-26(14)21-17-4-5-18(19-6-3-16(11-28)31-19)23-20(17)24-22(25-21)27-8-10-30-13-15(27)2/h3-6,11,14-15H,7-10,12-13H2,1-2H3/t14-,15-/m0/s1. The molecule has 31 heavy (non-hydrogen) atoms. The molecule has 0 unspecified atom stereocenters. The number of aromatic nitrogens is 3. The number of hydrogen-bond donors (Lipinski definition) is 0. The zero-order chi connectivity index (χ0) is 21.4. The Kier molecular flexibility index (Phi) is 5.29. The number of hydrogen-bond acceptors (Lipinski definition) is 9. The first-order valence-corrected chi connectivity index (χ1v) is 10.6. The zero-order valence-corrected chi connectivity index (χ0v) is 17.7. The molecule has 3 aromatic heterocycles. The average molecular weight is 423 g/mol. The number of nitrogens with zero attached hydrogens (tertiary/aromatic N) is 5. The van der Waals surface area contributed by atoms with Gasteiger partial charge in [-0.25, -0.2) is 4.98 Å². The molecule has 2 atom stereocenters. The van der Waals surface area contributed by atoms with Gasteiger partial charge >= 0.3 is 0 Å². The fraction of sp³-hybridized carbons (Fsp3) is 0.455. The summed E-state index contributed by atoms with van der Waals surface area (Å²) in [5.41, 5.74) is 1.22. The van der Waals surface area contributed by atoms with Gasteiger partial charge in [0.2, 0.25) is 5.95 Å². The van der Waals surface area contributed by atoms with Gasteiger partial charge in [-0.3, -0.25) is 4.79 Å². The first-order chi connectivity index (χ1) is 15.1. The van der Waals surface area contributed by atoms with Crippen LogP contribution < -0.4 is 9.80 Å². The second-order valence-electron chi connectivity index (χ2n) is 7.97. The Morgan fingerprint density at radius 3 is 2.35 bits per heavy atom. The van der Waals surface area contributed by atoms with Gasteiger partial charge in [-0.2, -0.15) is 9.97 Å². The van der Waals surface area contributed by atoms with E-state index in [0.717, 1.165) is 24.3 Å². The summed E-state index contributed by atoms with van der Waals surface area (Å²) in [6.07, 6.45) is 0.683. The molecule has 2 aliphatic heterocycles. The summed E-state index contributed by atoms with van der Waals surface area (Å²) in [5.74, 6) is 2.31. The van der Waals surface area contributed by atoms with Crippen LogP contribution >= 0.6 is 0 Å². The Labute approximate surface area is 180 Å². The molecule has 3 aromatic rings. The quantitative estimate of drug-likeness (QED) is 0.587. The van der Waals surface area contributed by atoms with Crippen LogP contribution in [0.1, 0.15) is 24.4 Å². The van der Waals surface area contributed by atoms with E-state index in [2.05, 4.69) is 23.6 Å². The van der Waals surface area contributed by atoms with Crippen LogP contribution in [-0.4, -0.2) is 72.8 Å². The second-order valence-corrected chi connectivity index (χ2v) is 7.97. The molecule has 0 saturated carbocycles. The predicted octanol–water partition coefficient (Wildman–Crippen LogP) is 2.55. The van der Waals surface area contributed by atoms with Crippen molar-refractivity contribution in [3.63, 3.8) is 0 Å². The maximum Gasteiger partial charge on any atom is 0.229 e. The van der Waals surface area contributed by atoms with Gasteiger partial charge in [-0.1, -0.05) is 0 Å². The topological polar surface area (TPSA) is 93.8 Å². The maximum atomic E-state index is 11.0. The largest absolute Gasteiger partial charge is 0.452 e. The molecule has 9 heteroatoms.